The predicted molar refractivity (Wildman–Crippen MR) is 99.5 cm³/mol. The van der Waals surface area contributed by atoms with E-state index in [0.29, 0.717) is 0 Å². The Balaban J connectivity index is 2.09. The van der Waals surface area contributed by atoms with Crippen LogP contribution >= 0.6 is 0 Å². The van der Waals surface area contributed by atoms with Crippen LogP contribution in [0.15, 0.2) is 35.3 Å². The molecule has 26 heavy (non-hydrogen) atoms. The summed E-state index contributed by atoms with van der Waals surface area (Å²) in [7, 11) is 0. The fourth-order valence-electron chi connectivity index (χ4n) is 5.56. The van der Waals surface area contributed by atoms with Gasteiger partial charge in [-0.05, 0) is 49.9 Å². The first-order valence-corrected chi connectivity index (χ1v) is 9.37. The molecule has 3 aliphatic rings. The molecule has 4 atom stereocenters. The maximum atomic E-state index is 12.5. The fourth-order valence-corrected chi connectivity index (χ4v) is 5.56. The summed E-state index contributed by atoms with van der Waals surface area (Å²) < 4.78 is 0. The highest BCUT2D eigenvalue weighted by Crippen LogP contribution is 2.64. The molecular formula is C21H29NO4. The van der Waals surface area contributed by atoms with Gasteiger partial charge < -0.3 is 15.9 Å². The van der Waals surface area contributed by atoms with Crippen LogP contribution in [0, 0.1) is 16.7 Å². The molecule has 3 rings (SSSR count). The number of rotatable bonds is 2. The summed E-state index contributed by atoms with van der Waals surface area (Å²) in [5.41, 5.74) is 6.87. The van der Waals surface area contributed by atoms with E-state index in [-0.39, 0.29) is 23.3 Å². The zero-order valence-electron chi connectivity index (χ0n) is 15.9. The van der Waals surface area contributed by atoms with E-state index in [4.69, 9.17) is 5.73 Å². The van der Waals surface area contributed by atoms with Gasteiger partial charge >= 0.3 is 0 Å². The lowest BCUT2D eigenvalue weighted by molar-refractivity contribution is -0.120. The predicted octanol–water partition coefficient (Wildman–Crippen LogP) is 3.66. The van der Waals surface area contributed by atoms with E-state index in [2.05, 4.69) is 27.4 Å². The molecule has 5 nitrogen and oxygen atoms in total. The highest BCUT2D eigenvalue weighted by atomic mass is 16.3. The third-order valence-electron chi connectivity index (χ3n) is 7.84. The molecule has 4 N–H and O–H groups in total. The molecule has 0 bridgehead atoms. The van der Waals surface area contributed by atoms with Crippen molar-refractivity contribution < 1.29 is 19.8 Å². The monoisotopic (exact) mass is 359 g/mol. The second-order valence-corrected chi connectivity index (χ2v) is 8.84. The number of hydrogen-bond acceptors (Lipinski definition) is 5. The van der Waals surface area contributed by atoms with Crippen molar-refractivity contribution in [2.45, 2.75) is 64.8 Å². The number of allylic oxidation sites excluding steroid dienone is 2. The lowest BCUT2D eigenvalue weighted by atomic mass is 9.42. The van der Waals surface area contributed by atoms with Crippen molar-refractivity contribution in [1.82, 2.24) is 0 Å². The van der Waals surface area contributed by atoms with Crippen molar-refractivity contribution in [2.24, 2.45) is 22.5 Å². The summed E-state index contributed by atoms with van der Waals surface area (Å²) in [5.74, 6) is -2.39. The number of carbonyl (C=O) groups excluding carboxylic acids is 2. The summed E-state index contributed by atoms with van der Waals surface area (Å²) >= 11 is 0. The molecule has 0 aromatic heterocycles. The minimum atomic E-state index is -0.731. The Morgan fingerprint density at radius 2 is 1.92 bits per heavy atom. The molecular weight excluding hydrogens is 330 g/mol. The van der Waals surface area contributed by atoms with Crippen LogP contribution in [0.4, 0.5) is 0 Å². The first kappa shape index (κ1) is 18.9. The number of aliphatic hydroxyl groups is 2. The van der Waals surface area contributed by atoms with Gasteiger partial charge in [-0.15, -0.1) is 0 Å². The molecule has 5 heteroatoms. The smallest absolute Gasteiger partial charge is 0.227 e. The number of carbonyl (C=O) groups is 2. The van der Waals surface area contributed by atoms with Gasteiger partial charge in [0.05, 0.1) is 0 Å². The largest absolute Gasteiger partial charge is 0.504 e. The number of nitrogens with two attached hydrogens (primary N) is 1. The number of aliphatic hydroxyl groups excluding tert-OH is 2. The van der Waals surface area contributed by atoms with Crippen LogP contribution in [-0.4, -0.2) is 27.3 Å². The van der Waals surface area contributed by atoms with Gasteiger partial charge in [-0.1, -0.05) is 32.9 Å². The van der Waals surface area contributed by atoms with E-state index in [9.17, 15) is 19.8 Å². The summed E-state index contributed by atoms with van der Waals surface area (Å²) in [6, 6.07) is 0. The molecule has 0 aromatic carbocycles. The van der Waals surface area contributed by atoms with Crippen LogP contribution in [0.1, 0.15) is 59.3 Å². The molecule has 4 unspecified atom stereocenters. The Hall–Kier alpha value is -1.88. The zero-order chi connectivity index (χ0) is 19.5. The van der Waals surface area contributed by atoms with Gasteiger partial charge in [-0.3, -0.25) is 9.59 Å². The highest BCUT2D eigenvalue weighted by Gasteiger charge is 2.63. The Morgan fingerprint density at radius 3 is 2.58 bits per heavy atom. The minimum Gasteiger partial charge on any atom is -0.504 e. The van der Waals surface area contributed by atoms with Gasteiger partial charge in [-0.25, -0.2) is 0 Å². The first-order valence-electron chi connectivity index (χ1n) is 9.37. The Morgan fingerprint density at radius 1 is 1.27 bits per heavy atom. The molecule has 3 aliphatic carbocycles. The molecule has 0 aromatic rings. The quantitative estimate of drug-likeness (QED) is 0.516. The third-order valence-corrected chi connectivity index (χ3v) is 7.84. The summed E-state index contributed by atoms with van der Waals surface area (Å²) in [4.78, 5) is 24.4. The topological polar surface area (TPSA) is 101 Å². The molecule has 2 fully saturated rings. The second kappa shape index (κ2) is 5.81. The number of hydrogen-bond donors (Lipinski definition) is 3. The fraction of sp³-hybridized carbons (Fsp3) is 0.619. The van der Waals surface area contributed by atoms with Crippen molar-refractivity contribution in [3.8, 4) is 0 Å². The molecule has 0 aliphatic heterocycles. The summed E-state index contributed by atoms with van der Waals surface area (Å²) in [6.07, 6.45) is 5.53. The zero-order valence-corrected chi connectivity index (χ0v) is 15.9. The van der Waals surface area contributed by atoms with Gasteiger partial charge in [0.25, 0.3) is 0 Å². The second-order valence-electron chi connectivity index (χ2n) is 8.84. The van der Waals surface area contributed by atoms with Crippen LogP contribution in [-0.2, 0) is 9.59 Å². The number of Topliss-reactive ketones (excluding diaryl/α,β-unsaturated/α-hetero) is 1. The van der Waals surface area contributed by atoms with E-state index in [0.717, 1.165) is 43.8 Å². The van der Waals surface area contributed by atoms with E-state index in [1.165, 1.54) is 0 Å². The lowest BCUT2D eigenvalue weighted by Gasteiger charge is -2.65. The van der Waals surface area contributed by atoms with Crippen LogP contribution in [0.3, 0.4) is 0 Å². The van der Waals surface area contributed by atoms with Gasteiger partial charge in [0.1, 0.15) is 0 Å². The number of ketones is 2. The molecule has 2 saturated carbocycles. The molecule has 0 saturated heterocycles. The van der Waals surface area contributed by atoms with Crippen LogP contribution in [0.2, 0.25) is 0 Å². The highest BCUT2D eigenvalue weighted by molar-refractivity contribution is 6.20. The average Bonchev–Trinajstić information content (AvgIpc) is 2.58. The van der Waals surface area contributed by atoms with Gasteiger partial charge in [0.15, 0.2) is 11.5 Å². The van der Waals surface area contributed by atoms with Gasteiger partial charge in [-0.2, -0.15) is 0 Å². The SMILES string of the molecule is C=C1CCCC2(N)C1(C)CCC(C)C2(C)CC1=C(O)C(=O)C=C(O)C1=O. The van der Waals surface area contributed by atoms with Gasteiger partial charge in [0.2, 0.25) is 11.6 Å². The molecule has 0 amide bonds. The van der Waals surface area contributed by atoms with Crippen molar-refractivity contribution in [1.29, 1.82) is 0 Å². The van der Waals surface area contributed by atoms with E-state index < -0.39 is 34.0 Å². The molecule has 0 spiro atoms. The van der Waals surface area contributed by atoms with E-state index in [1.807, 2.05) is 0 Å². The third kappa shape index (κ3) is 2.26. The van der Waals surface area contributed by atoms with Crippen LogP contribution in [0.5, 0.6) is 0 Å². The first-order chi connectivity index (χ1) is 12.0. The molecule has 0 radical (unpaired) electrons. The van der Waals surface area contributed by atoms with Crippen LogP contribution < -0.4 is 5.73 Å². The standard InChI is InChI=1S/C21H29NO4/c1-12-6-5-8-21(22)19(12,3)9-7-13(2)20(21,4)11-14-17(25)15(23)10-16(24)18(14)26/h10,13,23,26H,1,5-9,11,22H2,2-4H3. The van der Waals surface area contributed by atoms with Gasteiger partial charge in [0, 0.05) is 22.6 Å². The lowest BCUT2D eigenvalue weighted by Crippen LogP contribution is -2.70. The van der Waals surface area contributed by atoms with E-state index >= 15 is 0 Å². The Bertz CT molecular complexity index is 764. The van der Waals surface area contributed by atoms with Crippen LogP contribution in [0.25, 0.3) is 0 Å². The van der Waals surface area contributed by atoms with Crippen molar-refractivity contribution in [2.75, 3.05) is 0 Å². The molecule has 142 valence electrons. The van der Waals surface area contributed by atoms with E-state index in [1.54, 1.807) is 0 Å². The average molecular weight is 359 g/mol. The minimum absolute atomic E-state index is 0.0189. The molecule has 0 heterocycles. The Labute approximate surface area is 154 Å². The normalized spacial score (nSPS) is 41.2. The maximum Gasteiger partial charge on any atom is 0.227 e. The summed E-state index contributed by atoms with van der Waals surface area (Å²) in [6.45, 7) is 10.6. The van der Waals surface area contributed by atoms with Crippen molar-refractivity contribution in [3.63, 3.8) is 0 Å². The van der Waals surface area contributed by atoms with Crippen molar-refractivity contribution >= 4 is 11.6 Å². The Kier molecular flexibility index (Phi) is 4.22. The van der Waals surface area contributed by atoms with Crippen molar-refractivity contribution in [3.05, 3.63) is 35.3 Å². The maximum absolute atomic E-state index is 12.5. The number of fused-ring (bicyclic) bond motifs is 1. The summed E-state index contributed by atoms with van der Waals surface area (Å²) in [5, 5.41) is 20.1.